The number of benzene rings is 1. The summed E-state index contributed by atoms with van der Waals surface area (Å²) in [5.41, 5.74) is 0.306. The molecule has 1 heterocycles. The van der Waals surface area contributed by atoms with Gasteiger partial charge in [0.25, 0.3) is 0 Å². The van der Waals surface area contributed by atoms with E-state index < -0.39 is 17.7 Å². The van der Waals surface area contributed by atoms with E-state index in [1.165, 1.54) is 4.90 Å². The number of amides is 1. The minimum Gasteiger partial charge on any atom is -0.443 e. The predicted octanol–water partition coefficient (Wildman–Crippen LogP) is 2.91. The summed E-state index contributed by atoms with van der Waals surface area (Å²) in [4.78, 5) is 25.8. The van der Waals surface area contributed by atoms with Gasteiger partial charge in [-0.2, -0.15) is 5.26 Å². The monoisotopic (exact) mass is 272 g/mol. The summed E-state index contributed by atoms with van der Waals surface area (Å²) < 4.78 is 5.33. The number of hydrogen-bond donors (Lipinski definition) is 0. The van der Waals surface area contributed by atoms with Gasteiger partial charge >= 0.3 is 6.09 Å². The molecule has 5 heteroatoms. The summed E-state index contributed by atoms with van der Waals surface area (Å²) in [5, 5.41) is 8.87. The van der Waals surface area contributed by atoms with Crippen molar-refractivity contribution in [3.63, 3.8) is 0 Å². The Balaban J connectivity index is 2.40. The Morgan fingerprint density at radius 1 is 1.40 bits per heavy atom. The highest BCUT2D eigenvalue weighted by Crippen LogP contribution is 2.34. The minimum absolute atomic E-state index is 0.0489. The van der Waals surface area contributed by atoms with Gasteiger partial charge in [0.15, 0.2) is 5.78 Å². The Hall–Kier alpha value is -2.35. The molecule has 0 aromatic heterocycles. The molecule has 0 N–H and O–H groups in total. The summed E-state index contributed by atoms with van der Waals surface area (Å²) in [7, 11) is 0. The maximum absolute atomic E-state index is 12.3. The minimum atomic E-state index is -0.799. The number of Topliss-reactive ketones (excluding diaryl/α,β-unsaturated/α-hetero) is 1. The van der Waals surface area contributed by atoms with Crippen LogP contribution in [0.25, 0.3) is 0 Å². The summed E-state index contributed by atoms with van der Waals surface area (Å²) in [6.07, 6.45) is -0.650. The zero-order chi connectivity index (χ0) is 14.9. The van der Waals surface area contributed by atoms with Crippen molar-refractivity contribution in [3.8, 4) is 6.07 Å². The molecule has 20 heavy (non-hydrogen) atoms. The second-order valence-corrected chi connectivity index (χ2v) is 5.61. The summed E-state index contributed by atoms with van der Waals surface area (Å²) in [5.74, 6) is -0.215. The Morgan fingerprint density at radius 2 is 2.05 bits per heavy atom. The summed E-state index contributed by atoms with van der Waals surface area (Å²) in [6.45, 7) is 5.27. The van der Waals surface area contributed by atoms with E-state index in [4.69, 9.17) is 10.00 Å². The second-order valence-electron chi connectivity index (χ2n) is 5.61. The first kappa shape index (κ1) is 14.1. The van der Waals surface area contributed by atoms with Crippen molar-refractivity contribution in [3.05, 3.63) is 29.8 Å². The van der Waals surface area contributed by atoms with Crippen LogP contribution in [0.4, 0.5) is 10.5 Å². The van der Waals surface area contributed by atoms with Crippen LogP contribution in [0, 0.1) is 11.3 Å². The quantitative estimate of drug-likeness (QED) is 0.788. The molecule has 0 radical (unpaired) electrons. The SMILES string of the molecule is CC(C)(C)OC(=O)N1c2ccccc2C(=O)C1CC#N. The Bertz CT molecular complexity index is 596. The molecule has 1 aliphatic heterocycles. The largest absolute Gasteiger partial charge is 0.443 e. The molecule has 104 valence electrons. The van der Waals surface area contributed by atoms with Gasteiger partial charge in [0.1, 0.15) is 11.6 Å². The number of carbonyl (C=O) groups is 2. The number of anilines is 1. The fraction of sp³-hybridized carbons (Fsp3) is 0.400. The van der Waals surface area contributed by atoms with E-state index >= 15 is 0 Å². The van der Waals surface area contributed by atoms with Crippen LogP contribution in [0.5, 0.6) is 0 Å². The number of ketones is 1. The van der Waals surface area contributed by atoms with Crippen molar-refractivity contribution < 1.29 is 14.3 Å². The van der Waals surface area contributed by atoms with Crippen LogP contribution in [0.1, 0.15) is 37.6 Å². The van der Waals surface area contributed by atoms with Gasteiger partial charge in [-0.15, -0.1) is 0 Å². The van der Waals surface area contributed by atoms with E-state index in [0.29, 0.717) is 11.3 Å². The number of para-hydroxylation sites is 1. The van der Waals surface area contributed by atoms with Crippen molar-refractivity contribution in [2.45, 2.75) is 38.8 Å². The van der Waals surface area contributed by atoms with E-state index in [9.17, 15) is 9.59 Å². The zero-order valence-electron chi connectivity index (χ0n) is 11.7. The first-order valence-electron chi connectivity index (χ1n) is 6.37. The highest BCUT2D eigenvalue weighted by atomic mass is 16.6. The number of hydrogen-bond acceptors (Lipinski definition) is 4. The van der Waals surface area contributed by atoms with E-state index in [2.05, 4.69) is 0 Å². The molecule has 0 saturated heterocycles. The molecular formula is C15H16N2O3. The molecule has 0 bridgehead atoms. The molecule has 2 rings (SSSR count). The zero-order valence-corrected chi connectivity index (χ0v) is 11.7. The molecule has 0 spiro atoms. The van der Waals surface area contributed by atoms with Gasteiger partial charge in [-0.05, 0) is 32.9 Å². The van der Waals surface area contributed by atoms with E-state index in [1.54, 1.807) is 45.0 Å². The molecule has 1 aliphatic rings. The molecule has 1 aromatic rings. The molecule has 1 aromatic carbocycles. The number of ether oxygens (including phenoxy) is 1. The fourth-order valence-corrected chi connectivity index (χ4v) is 2.16. The lowest BCUT2D eigenvalue weighted by Crippen LogP contribution is -2.43. The molecular weight excluding hydrogens is 256 g/mol. The van der Waals surface area contributed by atoms with Crippen LogP contribution >= 0.6 is 0 Å². The van der Waals surface area contributed by atoms with Crippen LogP contribution in [0.3, 0.4) is 0 Å². The van der Waals surface area contributed by atoms with Crippen LogP contribution < -0.4 is 4.90 Å². The van der Waals surface area contributed by atoms with Crippen molar-refractivity contribution in [2.24, 2.45) is 0 Å². The van der Waals surface area contributed by atoms with Gasteiger partial charge in [0.05, 0.1) is 18.2 Å². The van der Waals surface area contributed by atoms with Gasteiger partial charge in [0, 0.05) is 5.56 Å². The maximum atomic E-state index is 12.3. The van der Waals surface area contributed by atoms with Gasteiger partial charge in [-0.1, -0.05) is 12.1 Å². The molecule has 1 amide bonds. The molecule has 5 nitrogen and oxygen atoms in total. The van der Waals surface area contributed by atoms with Gasteiger partial charge in [-0.25, -0.2) is 4.79 Å². The first-order valence-corrected chi connectivity index (χ1v) is 6.37. The van der Waals surface area contributed by atoms with E-state index in [1.807, 2.05) is 6.07 Å². The lowest BCUT2D eigenvalue weighted by atomic mass is 10.1. The van der Waals surface area contributed by atoms with Crippen LogP contribution in [0.2, 0.25) is 0 Å². The highest BCUT2D eigenvalue weighted by molar-refractivity contribution is 6.16. The Labute approximate surface area is 117 Å². The topological polar surface area (TPSA) is 70.4 Å². The number of nitriles is 1. The van der Waals surface area contributed by atoms with Crippen LogP contribution in [-0.2, 0) is 4.74 Å². The third-order valence-electron chi connectivity index (χ3n) is 2.92. The van der Waals surface area contributed by atoms with Gasteiger partial charge in [0.2, 0.25) is 0 Å². The van der Waals surface area contributed by atoms with E-state index in [-0.39, 0.29) is 12.2 Å². The highest BCUT2D eigenvalue weighted by Gasteiger charge is 2.42. The molecule has 1 unspecified atom stereocenters. The number of rotatable bonds is 1. The van der Waals surface area contributed by atoms with Crippen molar-refractivity contribution >= 4 is 17.6 Å². The molecule has 1 atom stereocenters. The van der Waals surface area contributed by atoms with Gasteiger partial charge < -0.3 is 4.74 Å². The molecule has 0 aliphatic carbocycles. The van der Waals surface area contributed by atoms with Crippen LogP contribution in [-0.4, -0.2) is 23.5 Å². The Morgan fingerprint density at radius 3 is 2.65 bits per heavy atom. The Kier molecular flexibility index (Phi) is 3.49. The first-order chi connectivity index (χ1) is 9.35. The fourth-order valence-electron chi connectivity index (χ4n) is 2.16. The average molecular weight is 272 g/mol. The summed E-state index contributed by atoms with van der Waals surface area (Å²) >= 11 is 0. The predicted molar refractivity (Wildman–Crippen MR) is 73.5 cm³/mol. The third-order valence-corrected chi connectivity index (χ3v) is 2.92. The van der Waals surface area contributed by atoms with Crippen LogP contribution in [0.15, 0.2) is 24.3 Å². The summed E-state index contributed by atoms with van der Waals surface area (Å²) in [6, 6.07) is 7.98. The maximum Gasteiger partial charge on any atom is 0.415 e. The lowest BCUT2D eigenvalue weighted by Gasteiger charge is -2.27. The molecule has 0 saturated carbocycles. The average Bonchev–Trinajstić information content (AvgIpc) is 2.62. The van der Waals surface area contributed by atoms with Crippen molar-refractivity contribution in [1.29, 1.82) is 5.26 Å². The molecule has 0 fully saturated rings. The number of nitrogens with zero attached hydrogens (tertiary/aromatic N) is 2. The van der Waals surface area contributed by atoms with Crippen molar-refractivity contribution in [1.82, 2.24) is 0 Å². The van der Waals surface area contributed by atoms with E-state index in [0.717, 1.165) is 0 Å². The second kappa shape index (κ2) is 4.97. The standard InChI is InChI=1S/C15H16N2O3/c1-15(2,3)20-14(19)17-11-7-5-4-6-10(11)13(18)12(17)8-9-16/h4-7,12H,8H2,1-3H3. The smallest absolute Gasteiger partial charge is 0.415 e. The lowest BCUT2D eigenvalue weighted by molar-refractivity contribution is 0.0562. The number of fused-ring (bicyclic) bond motifs is 1. The van der Waals surface area contributed by atoms with Gasteiger partial charge in [-0.3, -0.25) is 9.69 Å². The number of carbonyl (C=O) groups excluding carboxylic acids is 2. The normalized spacial score (nSPS) is 17.6. The van der Waals surface area contributed by atoms with Crippen molar-refractivity contribution in [2.75, 3.05) is 4.90 Å². The third kappa shape index (κ3) is 2.50.